The molecule has 1 heterocycles. The second-order valence-electron chi connectivity index (χ2n) is 7.28. The van der Waals surface area contributed by atoms with E-state index in [1.54, 1.807) is 4.90 Å². The third-order valence-corrected chi connectivity index (χ3v) is 4.61. The van der Waals surface area contributed by atoms with Gasteiger partial charge in [-0.15, -0.1) is 0 Å². The molecule has 1 aromatic rings. The van der Waals surface area contributed by atoms with Crippen LogP contribution in [0.5, 0.6) is 0 Å². The molecule has 0 saturated carbocycles. The van der Waals surface area contributed by atoms with Crippen LogP contribution in [0.1, 0.15) is 49.3 Å². The maximum absolute atomic E-state index is 12.1. The highest BCUT2D eigenvalue weighted by Crippen LogP contribution is 2.13. The number of carbonyl (C=O) groups excluding carboxylic acids is 2. The monoisotopic (exact) mass is 346 g/mol. The largest absolute Gasteiger partial charge is 0.393 e. The Morgan fingerprint density at radius 2 is 1.76 bits per heavy atom. The predicted octanol–water partition coefficient (Wildman–Crippen LogP) is 2.11. The Morgan fingerprint density at radius 3 is 2.36 bits per heavy atom. The minimum Gasteiger partial charge on any atom is -0.393 e. The van der Waals surface area contributed by atoms with Crippen molar-refractivity contribution in [1.82, 2.24) is 10.2 Å². The van der Waals surface area contributed by atoms with Crippen molar-refractivity contribution in [3.63, 3.8) is 0 Å². The van der Waals surface area contributed by atoms with Crippen molar-refractivity contribution in [2.24, 2.45) is 0 Å². The van der Waals surface area contributed by atoms with Crippen LogP contribution in [0.3, 0.4) is 0 Å². The van der Waals surface area contributed by atoms with Crippen LogP contribution in [-0.2, 0) is 16.0 Å². The first-order chi connectivity index (χ1) is 11.8. The lowest BCUT2D eigenvalue weighted by Gasteiger charge is -2.29. The van der Waals surface area contributed by atoms with Gasteiger partial charge in [0.15, 0.2) is 0 Å². The molecular weight excluding hydrogens is 316 g/mol. The van der Waals surface area contributed by atoms with Gasteiger partial charge in [-0.05, 0) is 45.6 Å². The first kappa shape index (κ1) is 19.4. The Hall–Kier alpha value is -1.88. The summed E-state index contributed by atoms with van der Waals surface area (Å²) in [5.41, 5.74) is 3.67. The number of aliphatic hydroxyl groups excluding tert-OH is 1. The van der Waals surface area contributed by atoms with E-state index < -0.39 is 0 Å². The van der Waals surface area contributed by atoms with Gasteiger partial charge in [0.2, 0.25) is 11.8 Å². The van der Waals surface area contributed by atoms with Crippen molar-refractivity contribution in [3.8, 4) is 0 Å². The standard InChI is InChI=1S/C20H30N2O3/c1-14-10-15(2)12-17(11-14)13-16(3)21-19(24)4-5-20(25)22-8-6-18(23)7-9-22/h10-12,16,18,23H,4-9,13H2,1-3H3,(H,21,24)/t16-/m1/s1. The normalized spacial score (nSPS) is 16.6. The molecule has 25 heavy (non-hydrogen) atoms. The number of hydrogen-bond donors (Lipinski definition) is 2. The number of likely N-dealkylation sites (tertiary alicyclic amines) is 1. The number of piperidine rings is 1. The summed E-state index contributed by atoms with van der Waals surface area (Å²) in [4.78, 5) is 26.0. The van der Waals surface area contributed by atoms with Crippen molar-refractivity contribution >= 4 is 11.8 Å². The van der Waals surface area contributed by atoms with Gasteiger partial charge in [-0.2, -0.15) is 0 Å². The Labute approximate surface area is 150 Å². The fraction of sp³-hybridized carbons (Fsp3) is 0.600. The molecule has 1 aliphatic heterocycles. The van der Waals surface area contributed by atoms with E-state index in [4.69, 9.17) is 0 Å². The lowest BCUT2D eigenvalue weighted by Crippen LogP contribution is -2.41. The minimum absolute atomic E-state index is 0.00371. The second-order valence-corrected chi connectivity index (χ2v) is 7.28. The van der Waals surface area contributed by atoms with Gasteiger partial charge in [-0.1, -0.05) is 29.3 Å². The molecule has 2 rings (SSSR count). The van der Waals surface area contributed by atoms with E-state index in [0.29, 0.717) is 25.9 Å². The molecule has 1 atom stereocenters. The van der Waals surface area contributed by atoms with Gasteiger partial charge in [-0.25, -0.2) is 0 Å². The fourth-order valence-corrected chi connectivity index (χ4v) is 3.43. The first-order valence-corrected chi connectivity index (χ1v) is 9.16. The van der Waals surface area contributed by atoms with Gasteiger partial charge in [0.25, 0.3) is 0 Å². The van der Waals surface area contributed by atoms with E-state index in [-0.39, 0.29) is 36.8 Å². The van der Waals surface area contributed by atoms with Crippen LogP contribution in [0.25, 0.3) is 0 Å². The maximum atomic E-state index is 12.1. The topological polar surface area (TPSA) is 69.6 Å². The van der Waals surface area contributed by atoms with Gasteiger partial charge >= 0.3 is 0 Å². The molecule has 0 spiro atoms. The van der Waals surface area contributed by atoms with Crippen LogP contribution < -0.4 is 5.32 Å². The number of amides is 2. The van der Waals surface area contributed by atoms with E-state index in [1.807, 2.05) is 6.92 Å². The van der Waals surface area contributed by atoms with E-state index >= 15 is 0 Å². The predicted molar refractivity (Wildman–Crippen MR) is 98.3 cm³/mol. The van der Waals surface area contributed by atoms with Gasteiger partial charge in [0.1, 0.15) is 0 Å². The quantitative estimate of drug-likeness (QED) is 0.829. The summed E-state index contributed by atoms with van der Waals surface area (Å²) in [5, 5.41) is 12.5. The SMILES string of the molecule is Cc1cc(C)cc(C[C@@H](C)NC(=O)CCC(=O)N2CCC(O)CC2)c1. The third-order valence-electron chi connectivity index (χ3n) is 4.61. The molecule has 1 fully saturated rings. The van der Waals surface area contributed by atoms with Crippen LogP contribution in [0.4, 0.5) is 0 Å². The molecular formula is C20H30N2O3. The van der Waals surface area contributed by atoms with Crippen LogP contribution in [0, 0.1) is 13.8 Å². The molecule has 2 amide bonds. The Kier molecular flexibility index (Phi) is 7.00. The van der Waals surface area contributed by atoms with Crippen LogP contribution >= 0.6 is 0 Å². The van der Waals surface area contributed by atoms with Gasteiger partial charge < -0.3 is 15.3 Å². The second kappa shape index (κ2) is 8.99. The molecule has 138 valence electrons. The molecule has 5 heteroatoms. The highest BCUT2D eigenvalue weighted by atomic mass is 16.3. The number of nitrogens with one attached hydrogen (secondary N) is 1. The summed E-state index contributed by atoms with van der Waals surface area (Å²) in [6.07, 6.45) is 2.20. The number of carbonyl (C=O) groups is 2. The van der Waals surface area contributed by atoms with Gasteiger partial charge in [0.05, 0.1) is 6.10 Å². The fourth-order valence-electron chi connectivity index (χ4n) is 3.43. The summed E-state index contributed by atoms with van der Waals surface area (Å²) < 4.78 is 0. The number of hydrogen-bond acceptors (Lipinski definition) is 3. The summed E-state index contributed by atoms with van der Waals surface area (Å²) in [7, 11) is 0. The van der Waals surface area contributed by atoms with Crippen LogP contribution in [-0.4, -0.2) is 47.1 Å². The van der Waals surface area contributed by atoms with Crippen LogP contribution in [0.2, 0.25) is 0 Å². The minimum atomic E-state index is -0.293. The zero-order valence-electron chi connectivity index (χ0n) is 15.5. The average Bonchev–Trinajstić information content (AvgIpc) is 2.52. The Balaban J connectivity index is 1.73. The molecule has 0 radical (unpaired) electrons. The lowest BCUT2D eigenvalue weighted by atomic mass is 10.0. The number of rotatable bonds is 6. The van der Waals surface area contributed by atoms with Crippen molar-refractivity contribution in [2.45, 2.75) is 65.0 Å². The van der Waals surface area contributed by atoms with E-state index in [0.717, 1.165) is 6.42 Å². The molecule has 0 bridgehead atoms. The van der Waals surface area contributed by atoms with E-state index in [9.17, 15) is 14.7 Å². The molecule has 0 unspecified atom stereocenters. The molecule has 5 nitrogen and oxygen atoms in total. The van der Waals surface area contributed by atoms with Crippen LogP contribution in [0.15, 0.2) is 18.2 Å². The molecule has 1 saturated heterocycles. The van der Waals surface area contributed by atoms with Gasteiger partial charge in [-0.3, -0.25) is 9.59 Å². The summed E-state index contributed by atoms with van der Waals surface area (Å²) in [5.74, 6) is -0.0775. The van der Waals surface area contributed by atoms with Gasteiger partial charge in [0, 0.05) is 32.0 Å². The lowest BCUT2D eigenvalue weighted by molar-refractivity contribution is -0.135. The van der Waals surface area contributed by atoms with E-state index in [1.165, 1.54) is 16.7 Å². The summed E-state index contributed by atoms with van der Waals surface area (Å²) >= 11 is 0. The highest BCUT2D eigenvalue weighted by Gasteiger charge is 2.21. The van der Waals surface area contributed by atoms with Crippen molar-refractivity contribution in [3.05, 3.63) is 34.9 Å². The zero-order chi connectivity index (χ0) is 18.4. The molecule has 2 N–H and O–H groups in total. The van der Waals surface area contributed by atoms with Crippen molar-refractivity contribution in [2.75, 3.05) is 13.1 Å². The smallest absolute Gasteiger partial charge is 0.223 e. The zero-order valence-corrected chi connectivity index (χ0v) is 15.5. The third kappa shape index (κ3) is 6.50. The Bertz CT molecular complexity index is 587. The van der Waals surface area contributed by atoms with E-state index in [2.05, 4.69) is 37.4 Å². The maximum Gasteiger partial charge on any atom is 0.223 e. The summed E-state index contributed by atoms with van der Waals surface area (Å²) in [6.45, 7) is 7.31. The van der Waals surface area contributed by atoms with Crippen molar-refractivity contribution in [1.29, 1.82) is 0 Å². The highest BCUT2D eigenvalue weighted by molar-refractivity contribution is 5.84. The number of nitrogens with zero attached hydrogens (tertiary/aromatic N) is 1. The number of benzene rings is 1. The molecule has 1 aromatic carbocycles. The first-order valence-electron chi connectivity index (χ1n) is 9.16. The number of aryl methyl sites for hydroxylation is 2. The Morgan fingerprint density at radius 1 is 1.16 bits per heavy atom. The molecule has 0 aliphatic carbocycles. The summed E-state index contributed by atoms with van der Waals surface area (Å²) in [6, 6.07) is 6.46. The average molecular weight is 346 g/mol. The molecule has 1 aliphatic rings. The number of aliphatic hydroxyl groups is 1. The van der Waals surface area contributed by atoms with Crippen molar-refractivity contribution < 1.29 is 14.7 Å². The molecule has 0 aromatic heterocycles.